The van der Waals surface area contributed by atoms with Gasteiger partial charge in [-0.15, -0.1) is 0 Å². The molecule has 0 bridgehead atoms. The van der Waals surface area contributed by atoms with Crippen LogP contribution < -0.4 is 10.6 Å². The monoisotopic (exact) mass is 656 g/mol. The van der Waals surface area contributed by atoms with Crippen molar-refractivity contribution in [1.29, 1.82) is 0 Å². The zero-order valence-electron chi connectivity index (χ0n) is 29.2. The average molecular weight is 657 g/mol. The molecule has 48 heavy (non-hydrogen) atoms. The Morgan fingerprint density at radius 1 is 0.917 bits per heavy atom. The lowest BCUT2D eigenvalue weighted by molar-refractivity contribution is -0.138. The van der Waals surface area contributed by atoms with E-state index in [9.17, 15) is 19.2 Å². The van der Waals surface area contributed by atoms with Gasteiger partial charge in [-0.1, -0.05) is 75.6 Å². The molecule has 10 nitrogen and oxygen atoms in total. The number of aryl methyl sites for hydroxylation is 1. The van der Waals surface area contributed by atoms with Crippen molar-refractivity contribution in [2.45, 2.75) is 77.8 Å². The van der Waals surface area contributed by atoms with Gasteiger partial charge in [0.25, 0.3) is 0 Å². The summed E-state index contributed by atoms with van der Waals surface area (Å²) < 4.78 is 1.56. The van der Waals surface area contributed by atoms with Gasteiger partial charge in [0.1, 0.15) is 11.7 Å². The third-order valence-electron chi connectivity index (χ3n) is 9.71. The van der Waals surface area contributed by atoms with Crippen molar-refractivity contribution < 1.29 is 19.2 Å². The van der Waals surface area contributed by atoms with Crippen molar-refractivity contribution in [2.24, 2.45) is 18.9 Å². The number of aromatic nitrogens is 2. The Morgan fingerprint density at radius 2 is 1.60 bits per heavy atom. The fraction of sp³-hybridized carbons (Fsp3) is 0.500. The quantitative estimate of drug-likeness (QED) is 0.282. The largest absolute Gasteiger partial charge is 0.344 e. The topological polar surface area (TPSA) is 117 Å². The highest BCUT2D eigenvalue weighted by Gasteiger charge is 2.33. The number of rotatable bonds is 10. The molecular formula is C38H52N6O4. The number of hydrogen-bond acceptors (Lipinski definition) is 6. The number of benzene rings is 2. The number of carbonyl (C=O) groups is 4. The van der Waals surface area contributed by atoms with Crippen LogP contribution >= 0.6 is 0 Å². The minimum absolute atomic E-state index is 0.000431. The van der Waals surface area contributed by atoms with E-state index in [0.717, 1.165) is 30.6 Å². The Labute approximate surface area is 285 Å². The summed E-state index contributed by atoms with van der Waals surface area (Å²) in [6.07, 6.45) is 8.30. The number of likely N-dealkylation sites (N-methyl/N-ethyl adjacent to an activating group) is 1. The Hall–Kier alpha value is -4.31. The Kier molecular flexibility index (Phi) is 13.5. The highest BCUT2D eigenvalue weighted by Crippen LogP contribution is 2.30. The van der Waals surface area contributed by atoms with Gasteiger partial charge in [0.2, 0.25) is 17.7 Å². The molecule has 3 aromatic rings. The highest BCUT2D eigenvalue weighted by molar-refractivity contribution is 5.93. The summed E-state index contributed by atoms with van der Waals surface area (Å²) in [5, 5.41) is 9.87. The molecular weight excluding hydrogens is 604 g/mol. The molecule has 5 rings (SSSR count). The number of Topliss-reactive ketones (excluding diaryl/α,β-unsaturated/α-hetero) is 1. The zero-order valence-corrected chi connectivity index (χ0v) is 29.2. The van der Waals surface area contributed by atoms with Gasteiger partial charge in [0.15, 0.2) is 5.78 Å². The molecule has 2 N–H and O–H groups in total. The van der Waals surface area contributed by atoms with Gasteiger partial charge in [-0.3, -0.25) is 28.8 Å². The number of carbonyl (C=O) groups excluding carboxylic acids is 4. The van der Waals surface area contributed by atoms with Gasteiger partial charge in [-0.05, 0) is 55.1 Å². The summed E-state index contributed by atoms with van der Waals surface area (Å²) in [6.45, 7) is 7.34. The first-order chi connectivity index (χ1) is 23.1. The maximum Gasteiger partial charge on any atom is 0.245 e. The van der Waals surface area contributed by atoms with Crippen LogP contribution in [-0.4, -0.2) is 75.8 Å². The second-order valence-electron chi connectivity index (χ2n) is 13.1. The van der Waals surface area contributed by atoms with E-state index in [4.69, 9.17) is 0 Å². The summed E-state index contributed by atoms with van der Waals surface area (Å²) in [4.78, 5) is 53.7. The number of amides is 3. The molecule has 2 aromatic carbocycles. The van der Waals surface area contributed by atoms with E-state index in [1.807, 2.05) is 54.3 Å². The Balaban J connectivity index is 0.000000500. The van der Waals surface area contributed by atoms with Crippen LogP contribution in [0.15, 0.2) is 66.9 Å². The number of nitrogens with zero attached hydrogens (tertiary/aromatic N) is 4. The third kappa shape index (κ3) is 10.1. The molecule has 258 valence electrons. The van der Waals surface area contributed by atoms with Crippen LogP contribution in [0.1, 0.15) is 87.0 Å². The number of hydrogen-bond donors (Lipinski definition) is 2. The molecule has 1 aliphatic carbocycles. The van der Waals surface area contributed by atoms with E-state index in [-0.39, 0.29) is 35.5 Å². The van der Waals surface area contributed by atoms with E-state index < -0.39 is 6.04 Å². The summed E-state index contributed by atoms with van der Waals surface area (Å²) >= 11 is 0. The van der Waals surface area contributed by atoms with Gasteiger partial charge in [-0.25, -0.2) is 0 Å². The van der Waals surface area contributed by atoms with Crippen LogP contribution in [0.4, 0.5) is 5.69 Å². The first-order valence-corrected chi connectivity index (χ1v) is 17.3. The van der Waals surface area contributed by atoms with Gasteiger partial charge >= 0.3 is 0 Å². The number of nitrogens with one attached hydrogen (secondary N) is 2. The molecule has 0 radical (unpaired) electrons. The van der Waals surface area contributed by atoms with Crippen molar-refractivity contribution >= 4 is 29.2 Å². The summed E-state index contributed by atoms with van der Waals surface area (Å²) in [5.74, 6) is 0.394. The van der Waals surface area contributed by atoms with Crippen molar-refractivity contribution in [3.8, 4) is 0 Å². The minimum atomic E-state index is -0.635. The van der Waals surface area contributed by atoms with Crippen molar-refractivity contribution in [2.75, 3.05) is 32.0 Å². The average Bonchev–Trinajstić information content (AvgIpc) is 3.55. The highest BCUT2D eigenvalue weighted by atomic mass is 16.2. The van der Waals surface area contributed by atoms with Crippen molar-refractivity contribution in [1.82, 2.24) is 24.9 Å². The molecule has 1 saturated heterocycles. The fourth-order valence-electron chi connectivity index (χ4n) is 6.61. The molecule has 2 aliphatic rings. The SMILES string of the molecule is CC(=O)c1ccnn1C.CCC(=O)NC(Cc1ccc(NC(=O)[C@@H](C)C2CCCCC2)cc1)C(=O)N1CCN(C)C(c2ccccc2)C1. The molecule has 0 spiro atoms. The fourth-order valence-corrected chi connectivity index (χ4v) is 6.61. The van der Waals surface area contributed by atoms with Gasteiger partial charge in [-0.2, -0.15) is 5.10 Å². The molecule has 2 heterocycles. The standard InChI is InChI=1S/C32H44N4O3.C6H8N2O/c1-4-30(37)34-28(32(39)36-20-19-35(3)29(22-36)26-13-9-6-10-14-26)21-24-15-17-27(18-16-24)33-31(38)23(2)25-11-7-5-8-12-25;1-5(9)6-3-4-7-8(6)2/h6,9-10,13-18,23,25,28-29H,4-5,7-8,11-12,19-22H2,1-3H3,(H,33,38)(H,34,37);3-4H,1-2H3/t23-,28?,29?;/m0./s1. The number of ketones is 1. The van der Waals surface area contributed by atoms with Crippen LogP contribution in [0.3, 0.4) is 0 Å². The van der Waals surface area contributed by atoms with Crippen LogP contribution in [0, 0.1) is 11.8 Å². The summed E-state index contributed by atoms with van der Waals surface area (Å²) in [5.41, 5.74) is 3.53. The third-order valence-corrected chi connectivity index (χ3v) is 9.71. The predicted octanol–water partition coefficient (Wildman–Crippen LogP) is 5.42. The first-order valence-electron chi connectivity index (χ1n) is 17.3. The predicted molar refractivity (Wildman–Crippen MR) is 188 cm³/mol. The Bertz CT molecular complexity index is 1500. The van der Waals surface area contributed by atoms with E-state index in [2.05, 4.69) is 39.8 Å². The van der Waals surface area contributed by atoms with Gasteiger partial charge in [0, 0.05) is 64.2 Å². The van der Waals surface area contributed by atoms with E-state index in [1.165, 1.54) is 31.7 Å². The van der Waals surface area contributed by atoms with Crippen LogP contribution in [0.2, 0.25) is 0 Å². The summed E-state index contributed by atoms with van der Waals surface area (Å²) in [7, 11) is 3.84. The number of piperazine rings is 1. The van der Waals surface area contributed by atoms with E-state index in [1.54, 1.807) is 30.9 Å². The molecule has 2 unspecified atom stereocenters. The van der Waals surface area contributed by atoms with E-state index in [0.29, 0.717) is 37.5 Å². The maximum absolute atomic E-state index is 13.7. The lowest BCUT2D eigenvalue weighted by Crippen LogP contribution is -2.55. The lowest BCUT2D eigenvalue weighted by Gasteiger charge is -2.41. The smallest absolute Gasteiger partial charge is 0.245 e. The first kappa shape index (κ1) is 36.5. The lowest BCUT2D eigenvalue weighted by atomic mass is 9.80. The molecule has 10 heteroatoms. The van der Waals surface area contributed by atoms with Gasteiger partial charge in [0.05, 0.1) is 6.04 Å². The normalized spacial score (nSPS) is 18.2. The van der Waals surface area contributed by atoms with Crippen LogP contribution in [0.5, 0.6) is 0 Å². The summed E-state index contributed by atoms with van der Waals surface area (Å²) in [6, 6.07) is 19.1. The molecule has 3 amide bonds. The molecule has 3 atom stereocenters. The molecule has 1 aliphatic heterocycles. The minimum Gasteiger partial charge on any atom is -0.344 e. The van der Waals surface area contributed by atoms with Crippen LogP contribution in [-0.2, 0) is 27.9 Å². The molecule has 2 fully saturated rings. The van der Waals surface area contributed by atoms with Gasteiger partial charge < -0.3 is 15.5 Å². The molecule has 1 aromatic heterocycles. The maximum atomic E-state index is 13.7. The van der Waals surface area contributed by atoms with Crippen molar-refractivity contribution in [3.63, 3.8) is 0 Å². The number of anilines is 1. The van der Waals surface area contributed by atoms with Crippen molar-refractivity contribution in [3.05, 3.63) is 83.7 Å². The second kappa shape index (κ2) is 17.7. The molecule has 1 saturated carbocycles. The Morgan fingerprint density at radius 3 is 2.19 bits per heavy atom. The van der Waals surface area contributed by atoms with E-state index >= 15 is 0 Å². The second-order valence-corrected chi connectivity index (χ2v) is 13.1. The van der Waals surface area contributed by atoms with Crippen LogP contribution in [0.25, 0.3) is 0 Å². The zero-order chi connectivity index (χ0) is 34.6.